The van der Waals surface area contributed by atoms with Crippen LogP contribution in [0.2, 0.25) is 10.0 Å². The number of hydrogen-bond donors (Lipinski definition) is 3. The molecule has 37 heavy (non-hydrogen) atoms. The van der Waals surface area contributed by atoms with E-state index in [1.807, 2.05) is 20.8 Å². The molecule has 1 spiro atoms. The van der Waals surface area contributed by atoms with Gasteiger partial charge in [-0.2, -0.15) is 0 Å². The minimum absolute atomic E-state index is 0.0937. The second kappa shape index (κ2) is 8.94. The lowest BCUT2D eigenvalue weighted by molar-refractivity contribution is -0.139. The normalized spacial score (nSPS) is 32.7. The zero-order valence-electron chi connectivity index (χ0n) is 21.2. The summed E-state index contributed by atoms with van der Waals surface area (Å²) in [6.07, 6.45) is 1.34. The van der Waals surface area contributed by atoms with Crippen molar-refractivity contribution in [3.63, 3.8) is 0 Å². The molecule has 0 radical (unpaired) electrons. The van der Waals surface area contributed by atoms with Crippen LogP contribution in [-0.4, -0.2) is 40.7 Å². The summed E-state index contributed by atoms with van der Waals surface area (Å²) in [6.45, 7) is 7.86. The molecule has 1 aliphatic carbocycles. The molecule has 0 aromatic heterocycles. The average Bonchev–Trinajstić information content (AvgIpc) is 3.23. The van der Waals surface area contributed by atoms with Crippen LogP contribution in [0.15, 0.2) is 36.4 Å². The van der Waals surface area contributed by atoms with Gasteiger partial charge in [0.15, 0.2) is 0 Å². The molecule has 9 heteroatoms. The van der Waals surface area contributed by atoms with Crippen LogP contribution in [0.1, 0.15) is 64.0 Å². The topological polar surface area (TPSA) is 87.7 Å². The molecule has 1 amide bonds. The third-order valence-corrected chi connectivity index (χ3v) is 8.35. The first kappa shape index (κ1) is 26.4. The lowest BCUT2D eigenvalue weighted by Gasteiger charge is -2.42. The summed E-state index contributed by atoms with van der Waals surface area (Å²) in [6, 6.07) is 7.89. The third-order valence-electron chi connectivity index (χ3n) is 7.82. The summed E-state index contributed by atoms with van der Waals surface area (Å²) in [4.78, 5) is 27.7. The molecule has 2 aliphatic heterocycles. The van der Waals surface area contributed by atoms with Crippen LogP contribution >= 0.6 is 23.2 Å². The highest BCUT2D eigenvalue weighted by Gasteiger charge is 2.67. The number of ether oxygens (including phenoxy) is 1. The fraction of sp³-hybridized carbons (Fsp3) is 0.500. The Morgan fingerprint density at radius 1 is 1.24 bits per heavy atom. The highest BCUT2D eigenvalue weighted by molar-refractivity contribution is 6.31. The number of esters is 1. The first-order valence-corrected chi connectivity index (χ1v) is 13.2. The first-order chi connectivity index (χ1) is 17.2. The van der Waals surface area contributed by atoms with Crippen LogP contribution in [0, 0.1) is 11.2 Å². The molecule has 6 nitrogen and oxygen atoms in total. The van der Waals surface area contributed by atoms with Crippen molar-refractivity contribution in [2.24, 2.45) is 5.41 Å². The van der Waals surface area contributed by atoms with Gasteiger partial charge < -0.3 is 20.5 Å². The monoisotopic (exact) mass is 548 g/mol. The summed E-state index contributed by atoms with van der Waals surface area (Å²) < 4.78 is 21.5. The Kier molecular flexibility index (Phi) is 6.38. The Morgan fingerprint density at radius 3 is 2.59 bits per heavy atom. The van der Waals surface area contributed by atoms with Crippen molar-refractivity contribution >= 4 is 35.1 Å². The van der Waals surface area contributed by atoms with E-state index in [-0.39, 0.29) is 28.0 Å². The number of hydrogen-bond acceptors (Lipinski definition) is 5. The maximum atomic E-state index is 15.7. The quantitative estimate of drug-likeness (QED) is 0.374. The zero-order valence-corrected chi connectivity index (χ0v) is 22.7. The second-order valence-electron chi connectivity index (χ2n) is 12.1. The lowest BCUT2D eigenvalue weighted by Crippen LogP contribution is -2.57. The van der Waals surface area contributed by atoms with Gasteiger partial charge in [-0.1, -0.05) is 62.2 Å². The van der Waals surface area contributed by atoms with Crippen LogP contribution in [-0.2, 0) is 15.0 Å². The van der Waals surface area contributed by atoms with Crippen molar-refractivity contribution in [2.45, 2.75) is 82.0 Å². The Labute approximate surface area is 225 Å². The Bertz CT molecular complexity index is 1270. The van der Waals surface area contributed by atoms with Crippen LogP contribution in [0.3, 0.4) is 0 Å². The summed E-state index contributed by atoms with van der Waals surface area (Å²) in [5.74, 6) is -2.24. The fourth-order valence-electron chi connectivity index (χ4n) is 6.40. The van der Waals surface area contributed by atoms with E-state index < -0.39 is 40.8 Å². The minimum Gasteiger partial charge on any atom is -0.425 e. The van der Waals surface area contributed by atoms with Crippen molar-refractivity contribution < 1.29 is 23.8 Å². The molecular weight excluding hydrogens is 518 g/mol. The van der Waals surface area contributed by atoms with Gasteiger partial charge in [-0.25, -0.2) is 4.39 Å². The van der Waals surface area contributed by atoms with Crippen LogP contribution in [0.4, 0.5) is 4.39 Å². The molecule has 3 aliphatic rings. The number of carbonyl (C=O) groups excluding carboxylic acids is 2. The molecule has 1 saturated heterocycles. The van der Waals surface area contributed by atoms with Crippen molar-refractivity contribution in [1.82, 2.24) is 10.6 Å². The summed E-state index contributed by atoms with van der Waals surface area (Å²) in [7, 11) is 0. The van der Waals surface area contributed by atoms with Crippen molar-refractivity contribution in [2.75, 3.05) is 0 Å². The highest BCUT2D eigenvalue weighted by Crippen LogP contribution is 2.58. The van der Waals surface area contributed by atoms with Gasteiger partial charge >= 0.3 is 5.97 Å². The second-order valence-corrected chi connectivity index (χ2v) is 12.9. The summed E-state index contributed by atoms with van der Waals surface area (Å²) in [5, 5.41) is 16.9. The molecule has 1 saturated carbocycles. The van der Waals surface area contributed by atoms with E-state index in [1.165, 1.54) is 6.07 Å². The van der Waals surface area contributed by atoms with E-state index in [4.69, 9.17) is 27.9 Å². The molecular formula is C28H31Cl2FN2O4. The molecule has 0 bridgehead atoms. The van der Waals surface area contributed by atoms with Crippen LogP contribution in [0.25, 0.3) is 0 Å². The van der Waals surface area contributed by atoms with E-state index in [1.54, 1.807) is 37.3 Å². The van der Waals surface area contributed by atoms with E-state index in [0.29, 0.717) is 35.6 Å². The smallest absolute Gasteiger partial charge is 0.324 e. The van der Waals surface area contributed by atoms with Gasteiger partial charge in [-0.15, -0.1) is 0 Å². The number of benzene rings is 2. The van der Waals surface area contributed by atoms with Gasteiger partial charge in [0, 0.05) is 28.6 Å². The maximum Gasteiger partial charge on any atom is 0.324 e. The van der Waals surface area contributed by atoms with Crippen molar-refractivity contribution in [3.05, 3.63) is 63.4 Å². The van der Waals surface area contributed by atoms with Gasteiger partial charge in [0.1, 0.15) is 17.0 Å². The Balaban J connectivity index is 1.69. The number of carbonyl (C=O) groups is 2. The molecule has 4 atom stereocenters. The molecule has 5 rings (SSSR count). The molecule has 2 aromatic rings. The number of amides is 1. The Hall–Kier alpha value is -2.19. The largest absolute Gasteiger partial charge is 0.425 e. The van der Waals surface area contributed by atoms with Crippen LogP contribution < -0.4 is 15.4 Å². The zero-order chi connectivity index (χ0) is 26.9. The molecule has 2 fully saturated rings. The number of aliphatic hydroxyl groups is 1. The van der Waals surface area contributed by atoms with Gasteiger partial charge in [-0.3, -0.25) is 9.59 Å². The maximum absolute atomic E-state index is 15.7. The highest BCUT2D eigenvalue weighted by atomic mass is 35.5. The molecule has 198 valence electrons. The fourth-order valence-corrected chi connectivity index (χ4v) is 6.75. The van der Waals surface area contributed by atoms with E-state index >= 15 is 4.39 Å². The van der Waals surface area contributed by atoms with Gasteiger partial charge in [-0.05, 0) is 55.4 Å². The van der Waals surface area contributed by atoms with Crippen molar-refractivity contribution in [3.8, 4) is 5.75 Å². The predicted molar refractivity (Wildman–Crippen MR) is 139 cm³/mol. The number of halogens is 3. The van der Waals surface area contributed by atoms with Crippen LogP contribution in [0.5, 0.6) is 5.75 Å². The standard InChI is InChI=1S/C28H31Cl2FN2O4/c1-26(2,3)13-20-28(17-9-8-14(29)10-19(17)37-25(28)35)21(16-6-5-7-18(30)22(16)31)23(33-20)24(34)32-15-11-27(4,36)12-15/h5-10,15,20-21,23,33,36H,11-13H2,1-4H3,(H,32,34)/t15-,20-,21+,23-,27+,28+/m1/s1. The van der Waals surface area contributed by atoms with E-state index in [2.05, 4.69) is 10.6 Å². The molecule has 3 N–H and O–H groups in total. The molecule has 2 heterocycles. The number of rotatable bonds is 4. The predicted octanol–water partition coefficient (Wildman–Crippen LogP) is 4.88. The summed E-state index contributed by atoms with van der Waals surface area (Å²) >= 11 is 12.4. The summed E-state index contributed by atoms with van der Waals surface area (Å²) in [5.41, 5.74) is -1.74. The molecule has 0 unspecified atom stereocenters. The Morgan fingerprint density at radius 2 is 1.95 bits per heavy atom. The number of nitrogens with one attached hydrogen (secondary N) is 2. The van der Waals surface area contributed by atoms with Gasteiger partial charge in [0.2, 0.25) is 5.91 Å². The van der Waals surface area contributed by atoms with Crippen molar-refractivity contribution in [1.29, 1.82) is 0 Å². The van der Waals surface area contributed by atoms with Gasteiger partial charge in [0.05, 0.1) is 16.7 Å². The minimum atomic E-state index is -1.40. The number of fused-ring (bicyclic) bond motifs is 2. The van der Waals surface area contributed by atoms with Gasteiger partial charge in [0.25, 0.3) is 0 Å². The first-order valence-electron chi connectivity index (χ1n) is 12.5. The average molecular weight is 549 g/mol. The SMILES string of the molecule is CC(C)(C)C[C@H]1N[C@@H](C(=O)N[C@H]2C[C@@](C)(O)C2)[C@H](c2cccc(Cl)c2F)[C@@]12C(=O)Oc1cc(Cl)ccc12. The molecule has 2 aromatic carbocycles. The van der Waals surface area contributed by atoms with E-state index in [0.717, 1.165) is 0 Å². The van der Waals surface area contributed by atoms with E-state index in [9.17, 15) is 14.7 Å². The lowest BCUT2D eigenvalue weighted by atomic mass is 9.62. The third kappa shape index (κ3) is 4.44.